The van der Waals surface area contributed by atoms with Crippen molar-refractivity contribution in [2.75, 3.05) is 13.1 Å². The van der Waals surface area contributed by atoms with Gasteiger partial charge in [-0.15, -0.1) is 0 Å². The van der Waals surface area contributed by atoms with E-state index in [0.717, 1.165) is 43.5 Å². The topological polar surface area (TPSA) is 81.6 Å². The van der Waals surface area contributed by atoms with E-state index in [4.69, 9.17) is 0 Å². The maximum Gasteiger partial charge on any atom is 0.407 e. The van der Waals surface area contributed by atoms with Gasteiger partial charge in [-0.05, 0) is 55.5 Å². The summed E-state index contributed by atoms with van der Waals surface area (Å²) in [6.07, 6.45) is 2.05. The number of rotatable bonds is 9. The van der Waals surface area contributed by atoms with Gasteiger partial charge in [0.05, 0.1) is 11.0 Å². The third-order valence-corrected chi connectivity index (χ3v) is 7.43. The average molecular weight is 499 g/mol. The molecule has 0 saturated carbocycles. The number of nitrogens with one attached hydrogen (secondary N) is 1. The van der Waals surface area contributed by atoms with Crippen LogP contribution in [0.2, 0.25) is 0 Å². The van der Waals surface area contributed by atoms with Crippen LogP contribution in [0.3, 0.4) is 0 Å². The zero-order chi connectivity index (χ0) is 25.6. The Hall–Kier alpha value is -3.84. The van der Waals surface area contributed by atoms with E-state index in [1.165, 1.54) is 11.1 Å². The van der Waals surface area contributed by atoms with Crippen LogP contribution in [0, 0.1) is 0 Å². The van der Waals surface area contributed by atoms with Crippen LogP contribution in [0.5, 0.6) is 0 Å². The van der Waals surface area contributed by atoms with Crippen molar-refractivity contribution in [1.82, 2.24) is 19.4 Å². The number of piperidine rings is 1. The fourth-order valence-corrected chi connectivity index (χ4v) is 5.67. The molecular weight excluding hydrogens is 464 g/mol. The number of para-hydroxylation sites is 2. The fourth-order valence-electron chi connectivity index (χ4n) is 5.67. The number of carbonyl (C=O) groups is 1. The minimum absolute atomic E-state index is 0.0195. The zero-order valence-corrected chi connectivity index (χ0v) is 21.0. The van der Waals surface area contributed by atoms with Gasteiger partial charge in [-0.2, -0.15) is 0 Å². The normalized spacial score (nSPS) is 17.9. The first-order valence-corrected chi connectivity index (χ1v) is 13.1. The van der Waals surface area contributed by atoms with Gasteiger partial charge in [-0.3, -0.25) is 9.47 Å². The summed E-state index contributed by atoms with van der Waals surface area (Å²) in [4.78, 5) is 31.8. The number of aromatic amines is 1. The van der Waals surface area contributed by atoms with Crippen LogP contribution in [0.1, 0.15) is 42.9 Å². The molecule has 1 amide bonds. The lowest BCUT2D eigenvalue weighted by Crippen LogP contribution is -2.47. The first kappa shape index (κ1) is 24.8. The molecule has 1 aliphatic rings. The lowest BCUT2D eigenvalue weighted by molar-refractivity contribution is 0.0853. The van der Waals surface area contributed by atoms with Crippen molar-refractivity contribution in [2.45, 2.75) is 50.9 Å². The summed E-state index contributed by atoms with van der Waals surface area (Å²) in [5.41, 5.74) is 4.12. The molecular formula is C30H34N4O3. The molecule has 2 heterocycles. The molecule has 7 heteroatoms. The number of imidazole rings is 1. The Bertz CT molecular complexity index is 1320. The predicted molar refractivity (Wildman–Crippen MR) is 146 cm³/mol. The number of carboxylic acid groups (broad SMARTS) is 1. The van der Waals surface area contributed by atoms with Crippen molar-refractivity contribution in [3.8, 4) is 0 Å². The van der Waals surface area contributed by atoms with E-state index in [9.17, 15) is 14.7 Å². The molecule has 1 aliphatic heterocycles. The highest BCUT2D eigenvalue weighted by molar-refractivity contribution is 5.75. The number of likely N-dealkylation sites (tertiary alicyclic amines) is 1. The number of H-pyrrole nitrogens is 1. The molecule has 1 saturated heterocycles. The number of nitrogens with zero attached hydrogens (tertiary/aromatic N) is 3. The number of fused-ring (bicyclic) bond motifs is 1. The summed E-state index contributed by atoms with van der Waals surface area (Å²) in [6, 6.07) is 28.5. The van der Waals surface area contributed by atoms with Gasteiger partial charge in [0, 0.05) is 31.7 Å². The second-order valence-corrected chi connectivity index (χ2v) is 9.95. The maximum atomic E-state index is 12.8. The van der Waals surface area contributed by atoms with Crippen molar-refractivity contribution < 1.29 is 9.90 Å². The molecule has 1 aromatic heterocycles. The van der Waals surface area contributed by atoms with Crippen molar-refractivity contribution in [3.05, 3.63) is 107 Å². The highest BCUT2D eigenvalue weighted by atomic mass is 16.4. The molecule has 5 rings (SSSR count). The summed E-state index contributed by atoms with van der Waals surface area (Å²) >= 11 is 0. The van der Waals surface area contributed by atoms with Crippen LogP contribution < -0.4 is 5.69 Å². The van der Waals surface area contributed by atoms with Gasteiger partial charge < -0.3 is 15.0 Å². The lowest BCUT2D eigenvalue weighted by Gasteiger charge is -2.38. The van der Waals surface area contributed by atoms with E-state index < -0.39 is 6.09 Å². The number of hydrogen-bond acceptors (Lipinski definition) is 3. The van der Waals surface area contributed by atoms with E-state index in [-0.39, 0.29) is 17.8 Å². The monoisotopic (exact) mass is 498 g/mol. The molecule has 0 aliphatic carbocycles. The number of benzene rings is 3. The van der Waals surface area contributed by atoms with Gasteiger partial charge in [-0.1, -0.05) is 72.8 Å². The summed E-state index contributed by atoms with van der Waals surface area (Å²) in [5, 5.41) is 9.89. The van der Waals surface area contributed by atoms with E-state index in [1.54, 1.807) is 4.90 Å². The first-order valence-electron chi connectivity index (χ1n) is 13.1. The third-order valence-electron chi connectivity index (χ3n) is 7.43. The van der Waals surface area contributed by atoms with Crippen LogP contribution in [-0.4, -0.2) is 49.7 Å². The molecule has 2 unspecified atom stereocenters. The van der Waals surface area contributed by atoms with Crippen LogP contribution in [0.25, 0.3) is 11.0 Å². The van der Waals surface area contributed by atoms with Gasteiger partial charge in [0.2, 0.25) is 0 Å². The Kier molecular flexibility index (Phi) is 7.70. The van der Waals surface area contributed by atoms with Crippen molar-refractivity contribution in [1.29, 1.82) is 0 Å². The second kappa shape index (κ2) is 11.5. The van der Waals surface area contributed by atoms with Crippen molar-refractivity contribution in [3.63, 3.8) is 0 Å². The largest absolute Gasteiger partial charge is 0.465 e. The van der Waals surface area contributed by atoms with E-state index in [1.807, 2.05) is 41.0 Å². The van der Waals surface area contributed by atoms with Crippen LogP contribution in [0.4, 0.5) is 4.79 Å². The van der Waals surface area contributed by atoms with Crippen LogP contribution in [0.15, 0.2) is 89.7 Å². The molecule has 192 valence electrons. The minimum Gasteiger partial charge on any atom is -0.465 e. The van der Waals surface area contributed by atoms with Crippen molar-refractivity contribution in [2.24, 2.45) is 0 Å². The minimum atomic E-state index is -0.875. The zero-order valence-electron chi connectivity index (χ0n) is 21.0. The molecule has 2 atom stereocenters. The Morgan fingerprint density at radius 1 is 0.919 bits per heavy atom. The first-order chi connectivity index (χ1) is 18.1. The highest BCUT2D eigenvalue weighted by Gasteiger charge is 2.33. The maximum absolute atomic E-state index is 12.8. The average Bonchev–Trinajstić information content (AvgIpc) is 3.25. The predicted octanol–water partition coefficient (Wildman–Crippen LogP) is 5.50. The molecule has 37 heavy (non-hydrogen) atoms. The molecule has 1 fully saturated rings. The lowest BCUT2D eigenvalue weighted by atomic mass is 9.93. The Morgan fingerprint density at radius 3 is 2.19 bits per heavy atom. The smallest absolute Gasteiger partial charge is 0.407 e. The number of amides is 1. The standard InChI is InChI=1S/C30H34N4O3/c35-29-31-27-15-7-8-16-28(27)34(29)26-17-19-33(30(36)37)25(20-26)14-9-18-32(21-23-10-3-1-4-11-23)22-24-12-5-2-6-13-24/h1-8,10-13,15-16,25-26H,9,14,17-22H2,(H,31,35)(H,36,37). The highest BCUT2D eigenvalue weighted by Crippen LogP contribution is 2.31. The van der Waals surface area contributed by atoms with Gasteiger partial charge in [0.1, 0.15) is 0 Å². The Balaban J connectivity index is 1.28. The summed E-state index contributed by atoms with van der Waals surface area (Å²) < 4.78 is 1.83. The second-order valence-electron chi connectivity index (χ2n) is 9.95. The Labute approximate surface area is 217 Å². The fraction of sp³-hybridized carbons (Fsp3) is 0.333. The molecule has 4 aromatic rings. The number of aromatic nitrogens is 2. The van der Waals surface area contributed by atoms with E-state index in [0.29, 0.717) is 19.4 Å². The Morgan fingerprint density at radius 2 is 1.54 bits per heavy atom. The quantitative estimate of drug-likeness (QED) is 0.319. The van der Waals surface area contributed by atoms with Gasteiger partial charge in [0.15, 0.2) is 0 Å². The SMILES string of the molecule is O=C(O)N1CCC(n2c(=O)[nH]c3ccccc32)CC1CCCN(Cc1ccccc1)Cc1ccccc1. The van der Waals surface area contributed by atoms with E-state index in [2.05, 4.69) is 58.4 Å². The molecule has 0 spiro atoms. The molecule has 3 aromatic carbocycles. The van der Waals surface area contributed by atoms with Crippen molar-refractivity contribution >= 4 is 17.1 Å². The van der Waals surface area contributed by atoms with Crippen LogP contribution in [-0.2, 0) is 13.1 Å². The number of hydrogen-bond donors (Lipinski definition) is 2. The summed E-state index contributed by atoms with van der Waals surface area (Å²) in [6.45, 7) is 2.99. The molecule has 0 bridgehead atoms. The van der Waals surface area contributed by atoms with E-state index >= 15 is 0 Å². The summed E-state index contributed by atoms with van der Waals surface area (Å²) in [5.74, 6) is 0. The molecule has 7 nitrogen and oxygen atoms in total. The third kappa shape index (κ3) is 5.94. The molecule has 2 N–H and O–H groups in total. The summed E-state index contributed by atoms with van der Waals surface area (Å²) in [7, 11) is 0. The molecule has 0 radical (unpaired) electrons. The van der Waals surface area contributed by atoms with Crippen LogP contribution >= 0.6 is 0 Å². The van der Waals surface area contributed by atoms with Gasteiger partial charge in [0.25, 0.3) is 0 Å². The van der Waals surface area contributed by atoms with Gasteiger partial charge >= 0.3 is 11.8 Å². The van der Waals surface area contributed by atoms with Gasteiger partial charge in [-0.25, -0.2) is 9.59 Å².